The minimum Gasteiger partial charge on any atom is -0.481 e. The van der Waals surface area contributed by atoms with Crippen LogP contribution < -0.4 is 5.32 Å². The summed E-state index contributed by atoms with van der Waals surface area (Å²) in [6.07, 6.45) is 4.05. The average molecular weight is 315 g/mol. The molecule has 3 rings (SSSR count). The van der Waals surface area contributed by atoms with Crippen LogP contribution >= 0.6 is 0 Å². The molecule has 0 saturated carbocycles. The maximum Gasteiger partial charge on any atom is 0.317 e. The van der Waals surface area contributed by atoms with E-state index >= 15 is 0 Å². The lowest BCUT2D eigenvalue weighted by molar-refractivity contribution is -0.143. The Hall–Kier alpha value is -2.50. The number of nitrogens with one attached hydrogen (secondary N) is 2. The van der Waals surface area contributed by atoms with Crippen LogP contribution in [0.5, 0.6) is 0 Å². The number of rotatable bonds is 4. The van der Waals surface area contributed by atoms with Crippen molar-refractivity contribution in [3.8, 4) is 0 Å². The lowest BCUT2D eigenvalue weighted by Gasteiger charge is -2.30. The van der Waals surface area contributed by atoms with Crippen LogP contribution in [0.25, 0.3) is 10.9 Å². The molecule has 2 aromatic rings. The third-order valence-corrected chi connectivity index (χ3v) is 4.41. The number of fused-ring (bicyclic) bond motifs is 1. The number of urea groups is 1. The SMILES string of the molecule is O=C(O)C1CCCN(C(=O)NCCc2cccc3[nH]ccc23)C1. The van der Waals surface area contributed by atoms with Crippen molar-refractivity contribution in [2.45, 2.75) is 19.3 Å². The molecule has 1 aromatic heterocycles. The number of carbonyl (C=O) groups excluding carboxylic acids is 1. The number of amides is 2. The Morgan fingerprint density at radius 1 is 1.35 bits per heavy atom. The lowest BCUT2D eigenvalue weighted by atomic mass is 9.99. The molecule has 122 valence electrons. The smallest absolute Gasteiger partial charge is 0.317 e. The van der Waals surface area contributed by atoms with E-state index in [1.54, 1.807) is 4.90 Å². The second kappa shape index (κ2) is 6.73. The van der Waals surface area contributed by atoms with Gasteiger partial charge in [-0.05, 0) is 37.0 Å². The van der Waals surface area contributed by atoms with Crippen LogP contribution in [0.4, 0.5) is 4.79 Å². The minimum absolute atomic E-state index is 0.169. The van der Waals surface area contributed by atoms with E-state index in [9.17, 15) is 9.59 Å². The molecule has 2 heterocycles. The maximum atomic E-state index is 12.2. The summed E-state index contributed by atoms with van der Waals surface area (Å²) in [6, 6.07) is 7.95. The van der Waals surface area contributed by atoms with Crippen LogP contribution in [0.15, 0.2) is 30.5 Å². The van der Waals surface area contributed by atoms with Gasteiger partial charge in [-0.15, -0.1) is 0 Å². The summed E-state index contributed by atoms with van der Waals surface area (Å²) >= 11 is 0. The van der Waals surface area contributed by atoms with Crippen molar-refractivity contribution >= 4 is 22.9 Å². The topological polar surface area (TPSA) is 85.4 Å². The van der Waals surface area contributed by atoms with Crippen LogP contribution in [0.1, 0.15) is 18.4 Å². The van der Waals surface area contributed by atoms with E-state index in [-0.39, 0.29) is 6.03 Å². The van der Waals surface area contributed by atoms with Gasteiger partial charge in [-0.1, -0.05) is 12.1 Å². The third kappa shape index (κ3) is 3.47. The molecule has 1 unspecified atom stereocenters. The van der Waals surface area contributed by atoms with Crippen molar-refractivity contribution in [2.75, 3.05) is 19.6 Å². The van der Waals surface area contributed by atoms with E-state index in [0.717, 1.165) is 18.4 Å². The number of carbonyl (C=O) groups is 2. The predicted molar refractivity (Wildman–Crippen MR) is 87.3 cm³/mol. The fourth-order valence-corrected chi connectivity index (χ4v) is 3.15. The highest BCUT2D eigenvalue weighted by Gasteiger charge is 2.27. The van der Waals surface area contributed by atoms with Crippen molar-refractivity contribution in [2.24, 2.45) is 5.92 Å². The number of carboxylic acid groups (broad SMARTS) is 1. The Kier molecular flexibility index (Phi) is 4.50. The molecular weight excluding hydrogens is 294 g/mol. The quantitative estimate of drug-likeness (QED) is 0.808. The maximum absolute atomic E-state index is 12.2. The zero-order valence-corrected chi connectivity index (χ0v) is 12.9. The number of aromatic nitrogens is 1. The average Bonchev–Trinajstić information content (AvgIpc) is 3.04. The number of piperidine rings is 1. The molecule has 1 aliphatic heterocycles. The van der Waals surface area contributed by atoms with E-state index < -0.39 is 11.9 Å². The third-order valence-electron chi connectivity index (χ3n) is 4.41. The Balaban J connectivity index is 1.53. The fourth-order valence-electron chi connectivity index (χ4n) is 3.15. The van der Waals surface area contributed by atoms with E-state index in [0.29, 0.717) is 26.1 Å². The van der Waals surface area contributed by atoms with Crippen molar-refractivity contribution in [3.05, 3.63) is 36.0 Å². The molecule has 1 atom stereocenters. The Bertz CT molecular complexity index is 710. The number of hydrogen-bond acceptors (Lipinski definition) is 2. The van der Waals surface area contributed by atoms with Gasteiger partial charge in [-0.2, -0.15) is 0 Å². The first-order valence-electron chi connectivity index (χ1n) is 7.95. The Morgan fingerprint density at radius 2 is 2.22 bits per heavy atom. The van der Waals surface area contributed by atoms with E-state index in [4.69, 9.17) is 5.11 Å². The lowest BCUT2D eigenvalue weighted by Crippen LogP contribution is -2.47. The Labute approximate surface area is 134 Å². The molecule has 6 nitrogen and oxygen atoms in total. The monoisotopic (exact) mass is 315 g/mol. The molecule has 3 N–H and O–H groups in total. The summed E-state index contributed by atoms with van der Waals surface area (Å²) in [4.78, 5) is 28.0. The van der Waals surface area contributed by atoms with E-state index in [1.165, 1.54) is 10.9 Å². The molecule has 0 aliphatic carbocycles. The first-order chi connectivity index (χ1) is 11.1. The Morgan fingerprint density at radius 3 is 3.04 bits per heavy atom. The van der Waals surface area contributed by atoms with Gasteiger partial charge in [0.1, 0.15) is 0 Å². The molecule has 1 aromatic carbocycles. The highest BCUT2D eigenvalue weighted by Crippen LogP contribution is 2.18. The number of nitrogens with zero attached hydrogens (tertiary/aromatic N) is 1. The predicted octanol–water partition coefficient (Wildman–Crippen LogP) is 2.22. The van der Waals surface area contributed by atoms with E-state index in [2.05, 4.69) is 16.4 Å². The minimum atomic E-state index is -0.818. The number of hydrogen-bond donors (Lipinski definition) is 3. The van der Waals surface area contributed by atoms with Crippen molar-refractivity contribution in [1.29, 1.82) is 0 Å². The highest BCUT2D eigenvalue weighted by molar-refractivity contribution is 5.83. The largest absolute Gasteiger partial charge is 0.481 e. The van der Waals surface area contributed by atoms with Gasteiger partial charge in [0.25, 0.3) is 0 Å². The van der Waals surface area contributed by atoms with Crippen molar-refractivity contribution < 1.29 is 14.7 Å². The molecule has 0 bridgehead atoms. The van der Waals surface area contributed by atoms with Crippen LogP contribution in [0, 0.1) is 5.92 Å². The van der Waals surface area contributed by atoms with Crippen LogP contribution in [0.2, 0.25) is 0 Å². The molecule has 1 fully saturated rings. The van der Waals surface area contributed by atoms with Gasteiger partial charge in [0.2, 0.25) is 0 Å². The second-order valence-corrected chi connectivity index (χ2v) is 5.96. The number of benzene rings is 1. The molecule has 6 heteroatoms. The molecule has 0 spiro atoms. The van der Waals surface area contributed by atoms with E-state index in [1.807, 2.05) is 24.4 Å². The standard InChI is InChI=1S/C17H21N3O3/c21-16(22)13-4-2-10-20(11-13)17(23)19-8-6-12-3-1-5-15-14(12)7-9-18-15/h1,3,5,7,9,13,18H,2,4,6,8,10-11H2,(H,19,23)(H,21,22). The summed E-state index contributed by atoms with van der Waals surface area (Å²) in [7, 11) is 0. The van der Waals surface area contributed by atoms with Gasteiger partial charge < -0.3 is 20.3 Å². The van der Waals surface area contributed by atoms with Crippen LogP contribution in [-0.2, 0) is 11.2 Å². The number of aliphatic carboxylic acids is 1. The van der Waals surface area contributed by atoms with Gasteiger partial charge >= 0.3 is 12.0 Å². The molecule has 2 amide bonds. The number of carboxylic acids is 1. The van der Waals surface area contributed by atoms with Gasteiger partial charge in [0, 0.05) is 36.7 Å². The first kappa shape index (κ1) is 15.4. The number of likely N-dealkylation sites (tertiary alicyclic amines) is 1. The number of aromatic amines is 1. The van der Waals surface area contributed by atoms with Gasteiger partial charge in [0.05, 0.1) is 5.92 Å². The molecule has 0 radical (unpaired) electrons. The normalized spacial score (nSPS) is 18.1. The summed E-state index contributed by atoms with van der Waals surface area (Å²) in [5.41, 5.74) is 2.28. The summed E-state index contributed by atoms with van der Waals surface area (Å²) in [6.45, 7) is 1.47. The highest BCUT2D eigenvalue weighted by atomic mass is 16.4. The molecule has 23 heavy (non-hydrogen) atoms. The zero-order valence-electron chi connectivity index (χ0n) is 12.9. The second-order valence-electron chi connectivity index (χ2n) is 5.96. The van der Waals surface area contributed by atoms with Gasteiger partial charge in [-0.3, -0.25) is 4.79 Å². The zero-order chi connectivity index (χ0) is 16.2. The van der Waals surface area contributed by atoms with Crippen molar-refractivity contribution in [1.82, 2.24) is 15.2 Å². The molecule has 1 saturated heterocycles. The summed E-state index contributed by atoms with van der Waals surface area (Å²) in [5, 5.41) is 13.2. The molecule has 1 aliphatic rings. The van der Waals surface area contributed by atoms with Crippen molar-refractivity contribution in [3.63, 3.8) is 0 Å². The van der Waals surface area contributed by atoms with Gasteiger partial charge in [-0.25, -0.2) is 4.79 Å². The number of H-pyrrole nitrogens is 1. The fraction of sp³-hybridized carbons (Fsp3) is 0.412. The van der Waals surface area contributed by atoms with Crippen LogP contribution in [0.3, 0.4) is 0 Å². The summed E-state index contributed by atoms with van der Waals surface area (Å²) in [5.74, 6) is -1.26. The first-order valence-corrected chi connectivity index (χ1v) is 7.95. The van der Waals surface area contributed by atoms with Gasteiger partial charge in [0.15, 0.2) is 0 Å². The van der Waals surface area contributed by atoms with Crippen LogP contribution in [-0.4, -0.2) is 46.6 Å². The molecular formula is C17H21N3O3. The summed E-state index contributed by atoms with van der Waals surface area (Å²) < 4.78 is 0.